The largest absolute Gasteiger partial charge is 0.393 e. The minimum atomic E-state index is -0.972. The molecule has 0 aromatic heterocycles. The third kappa shape index (κ3) is 4.37. The SMILES string of the molecule is O=C(CC1CCC(O)CC1)C1NC(c2ccccc2)C2(C(=O)Nc3cc(Cl)ccc32)C1Cc1ccccc1. The number of aliphatic hydroxyl groups excluding tert-OH is 1. The zero-order valence-electron chi connectivity index (χ0n) is 21.3. The van der Waals surface area contributed by atoms with Gasteiger partial charge in [0.25, 0.3) is 0 Å². The smallest absolute Gasteiger partial charge is 0.237 e. The third-order valence-corrected chi connectivity index (χ3v) is 9.16. The van der Waals surface area contributed by atoms with E-state index in [1.807, 2.05) is 66.7 Å². The molecule has 4 atom stereocenters. The molecule has 3 aromatic carbocycles. The van der Waals surface area contributed by atoms with Crippen LogP contribution < -0.4 is 10.6 Å². The molecule has 2 heterocycles. The van der Waals surface area contributed by atoms with Crippen LogP contribution in [0.5, 0.6) is 0 Å². The second kappa shape index (κ2) is 10.3. The zero-order valence-corrected chi connectivity index (χ0v) is 22.0. The zero-order chi connectivity index (χ0) is 26.3. The molecule has 6 heteroatoms. The summed E-state index contributed by atoms with van der Waals surface area (Å²) in [4.78, 5) is 28.3. The quantitative estimate of drug-likeness (QED) is 0.388. The van der Waals surface area contributed by atoms with E-state index in [1.54, 1.807) is 0 Å². The number of carbonyl (C=O) groups excluding carboxylic acids is 2. The van der Waals surface area contributed by atoms with Crippen LogP contribution in [0, 0.1) is 11.8 Å². The first-order valence-corrected chi connectivity index (χ1v) is 14.0. The lowest BCUT2D eigenvalue weighted by Gasteiger charge is -2.35. The van der Waals surface area contributed by atoms with Crippen LogP contribution in [0.25, 0.3) is 0 Å². The second-order valence-corrected chi connectivity index (χ2v) is 11.6. The minimum Gasteiger partial charge on any atom is -0.393 e. The lowest BCUT2D eigenvalue weighted by Crippen LogP contribution is -2.46. The molecule has 1 spiro atoms. The molecule has 1 saturated carbocycles. The number of amides is 1. The fourth-order valence-electron chi connectivity index (χ4n) is 7.12. The number of Topliss-reactive ketones (excluding diaryl/α,β-unsaturated/α-hetero) is 1. The summed E-state index contributed by atoms with van der Waals surface area (Å²) in [5.41, 5.74) is 2.73. The van der Waals surface area contributed by atoms with E-state index in [4.69, 9.17) is 11.6 Å². The lowest BCUT2D eigenvalue weighted by atomic mass is 9.63. The number of ketones is 1. The maximum absolute atomic E-state index is 14.2. The highest BCUT2D eigenvalue weighted by Crippen LogP contribution is 2.57. The summed E-state index contributed by atoms with van der Waals surface area (Å²) >= 11 is 6.34. The van der Waals surface area contributed by atoms with Crippen LogP contribution in [0.15, 0.2) is 78.9 Å². The number of fused-ring (bicyclic) bond motifs is 2. The Morgan fingerprint density at radius 1 is 0.947 bits per heavy atom. The van der Waals surface area contributed by atoms with Crippen molar-refractivity contribution in [3.05, 3.63) is 101 Å². The summed E-state index contributed by atoms with van der Waals surface area (Å²) in [6, 6.07) is 24.9. The summed E-state index contributed by atoms with van der Waals surface area (Å²) in [6.07, 6.45) is 4.01. The molecule has 3 N–H and O–H groups in total. The van der Waals surface area contributed by atoms with Crippen molar-refractivity contribution in [2.75, 3.05) is 5.32 Å². The van der Waals surface area contributed by atoms with Gasteiger partial charge in [-0.2, -0.15) is 0 Å². The Labute approximate surface area is 228 Å². The van der Waals surface area contributed by atoms with Gasteiger partial charge in [0.2, 0.25) is 5.91 Å². The average Bonchev–Trinajstić information content (AvgIpc) is 3.41. The molecule has 4 unspecified atom stereocenters. The van der Waals surface area contributed by atoms with Gasteiger partial charge >= 0.3 is 0 Å². The van der Waals surface area contributed by atoms with E-state index in [2.05, 4.69) is 22.8 Å². The number of hydrogen-bond acceptors (Lipinski definition) is 4. The number of aliphatic hydroxyl groups is 1. The standard InChI is InChI=1S/C32H33ClN2O3/c33-23-13-16-25-27(19-23)34-31(38)32(25)26(17-20-7-3-1-4-8-20)29(35-30(32)22-9-5-2-6-10-22)28(37)18-21-11-14-24(36)15-12-21/h1-10,13,16,19,21,24,26,29-30,35-36H,11-12,14-15,17-18H2,(H,34,38). The second-order valence-electron chi connectivity index (χ2n) is 11.1. The van der Waals surface area contributed by atoms with Gasteiger partial charge in [-0.05, 0) is 66.8 Å². The molecule has 3 aromatic rings. The van der Waals surface area contributed by atoms with E-state index in [0.717, 1.165) is 48.1 Å². The summed E-state index contributed by atoms with van der Waals surface area (Å²) < 4.78 is 0. The Morgan fingerprint density at radius 2 is 1.63 bits per heavy atom. The van der Waals surface area contributed by atoms with Crippen molar-refractivity contribution in [3.8, 4) is 0 Å². The van der Waals surface area contributed by atoms with Gasteiger partial charge in [0.1, 0.15) is 11.2 Å². The summed E-state index contributed by atoms with van der Waals surface area (Å²) in [7, 11) is 0. The van der Waals surface area contributed by atoms with Gasteiger partial charge in [0, 0.05) is 23.0 Å². The minimum absolute atomic E-state index is 0.0897. The van der Waals surface area contributed by atoms with Gasteiger partial charge in [-0.1, -0.05) is 78.3 Å². The Hall–Kier alpha value is -2.99. The fourth-order valence-corrected chi connectivity index (χ4v) is 7.29. The first-order valence-electron chi connectivity index (χ1n) is 13.6. The van der Waals surface area contributed by atoms with Crippen LogP contribution in [0.2, 0.25) is 5.02 Å². The molecular formula is C32H33ClN2O3. The van der Waals surface area contributed by atoms with Crippen molar-refractivity contribution in [2.45, 2.75) is 62.1 Å². The van der Waals surface area contributed by atoms with E-state index in [-0.39, 0.29) is 35.7 Å². The molecule has 2 aliphatic heterocycles. The van der Waals surface area contributed by atoms with Crippen molar-refractivity contribution >= 4 is 29.0 Å². The van der Waals surface area contributed by atoms with Crippen molar-refractivity contribution < 1.29 is 14.7 Å². The van der Waals surface area contributed by atoms with Crippen LogP contribution in [0.3, 0.4) is 0 Å². The molecule has 6 rings (SSSR count). The van der Waals surface area contributed by atoms with Gasteiger partial charge in [-0.3, -0.25) is 14.9 Å². The lowest BCUT2D eigenvalue weighted by molar-refractivity contribution is -0.124. The van der Waals surface area contributed by atoms with E-state index >= 15 is 0 Å². The molecule has 38 heavy (non-hydrogen) atoms. The van der Waals surface area contributed by atoms with Gasteiger partial charge in [-0.15, -0.1) is 0 Å². The Bertz CT molecular complexity index is 1320. The number of hydrogen-bond donors (Lipinski definition) is 3. The Morgan fingerprint density at radius 3 is 2.34 bits per heavy atom. The van der Waals surface area contributed by atoms with Crippen molar-refractivity contribution in [2.24, 2.45) is 11.8 Å². The van der Waals surface area contributed by atoms with Crippen LogP contribution >= 0.6 is 11.6 Å². The number of anilines is 1. The molecule has 1 aliphatic carbocycles. The monoisotopic (exact) mass is 528 g/mol. The summed E-state index contributed by atoms with van der Waals surface area (Å²) in [5, 5.41) is 17.4. The number of carbonyl (C=O) groups is 2. The normalized spacial score (nSPS) is 30.3. The maximum Gasteiger partial charge on any atom is 0.237 e. The average molecular weight is 529 g/mol. The molecule has 0 radical (unpaired) electrons. The molecule has 0 bridgehead atoms. The molecule has 5 nitrogen and oxygen atoms in total. The number of benzene rings is 3. The molecule has 3 aliphatic rings. The molecule has 1 saturated heterocycles. The third-order valence-electron chi connectivity index (χ3n) is 8.92. The number of rotatable bonds is 6. The molecule has 2 fully saturated rings. The van der Waals surface area contributed by atoms with Crippen molar-refractivity contribution in [3.63, 3.8) is 0 Å². The van der Waals surface area contributed by atoms with Gasteiger partial charge < -0.3 is 10.4 Å². The first kappa shape index (κ1) is 25.3. The first-order chi connectivity index (χ1) is 18.5. The van der Waals surface area contributed by atoms with E-state index in [1.165, 1.54) is 0 Å². The van der Waals surface area contributed by atoms with E-state index in [0.29, 0.717) is 17.9 Å². The van der Waals surface area contributed by atoms with Crippen molar-refractivity contribution in [1.29, 1.82) is 0 Å². The van der Waals surface area contributed by atoms with Gasteiger partial charge in [-0.25, -0.2) is 0 Å². The fraction of sp³-hybridized carbons (Fsp3) is 0.375. The maximum atomic E-state index is 14.2. The van der Waals surface area contributed by atoms with Crippen LogP contribution in [-0.4, -0.2) is 28.9 Å². The number of halogens is 1. The van der Waals surface area contributed by atoms with Crippen LogP contribution in [0.4, 0.5) is 5.69 Å². The predicted octanol–water partition coefficient (Wildman–Crippen LogP) is 5.61. The topological polar surface area (TPSA) is 78.4 Å². The van der Waals surface area contributed by atoms with Gasteiger partial charge in [0.15, 0.2) is 0 Å². The summed E-state index contributed by atoms with van der Waals surface area (Å²) in [6.45, 7) is 0. The Kier molecular flexibility index (Phi) is 6.85. The van der Waals surface area contributed by atoms with Crippen LogP contribution in [0.1, 0.15) is 54.8 Å². The molecule has 196 valence electrons. The molecule has 1 amide bonds. The summed E-state index contributed by atoms with van der Waals surface area (Å²) in [5.74, 6) is 0.0352. The van der Waals surface area contributed by atoms with E-state index < -0.39 is 11.5 Å². The number of nitrogens with one attached hydrogen (secondary N) is 2. The highest BCUT2D eigenvalue weighted by molar-refractivity contribution is 6.31. The van der Waals surface area contributed by atoms with Gasteiger partial charge in [0.05, 0.1) is 18.2 Å². The highest BCUT2D eigenvalue weighted by atomic mass is 35.5. The Balaban J connectivity index is 1.47. The molecular weight excluding hydrogens is 496 g/mol. The van der Waals surface area contributed by atoms with Crippen molar-refractivity contribution in [1.82, 2.24) is 5.32 Å². The predicted molar refractivity (Wildman–Crippen MR) is 149 cm³/mol. The highest BCUT2D eigenvalue weighted by Gasteiger charge is 2.65. The van der Waals surface area contributed by atoms with Crippen LogP contribution in [-0.2, 0) is 21.4 Å². The van der Waals surface area contributed by atoms with E-state index in [9.17, 15) is 14.7 Å².